The molecule has 0 radical (unpaired) electrons. The van der Waals surface area contributed by atoms with Crippen LogP contribution in [0, 0.1) is 0 Å². The Bertz CT molecular complexity index is 1100. The van der Waals surface area contributed by atoms with E-state index in [1.165, 1.54) is 27.8 Å². The fourth-order valence-electron chi connectivity index (χ4n) is 4.51. The van der Waals surface area contributed by atoms with Gasteiger partial charge in [0, 0.05) is 17.4 Å². The van der Waals surface area contributed by atoms with Gasteiger partial charge in [-0.3, -0.25) is 0 Å². The fraction of sp³-hybridized carbons (Fsp3) is 0.348. The smallest absolute Gasteiger partial charge is 0.231 e. The normalized spacial score (nSPS) is 13.5. The number of hydrogen-bond acceptors (Lipinski definition) is 4. The monoisotopic (exact) mass is 413 g/mol. The molecular weight excluding hydrogens is 390 g/mol. The van der Waals surface area contributed by atoms with Crippen LogP contribution in [0.25, 0.3) is 22.0 Å². The molecule has 0 amide bonds. The van der Waals surface area contributed by atoms with Crippen LogP contribution in [-0.4, -0.2) is 21.0 Å². The maximum atomic E-state index is 5.73. The van der Waals surface area contributed by atoms with Crippen LogP contribution in [0.1, 0.15) is 24.5 Å². The van der Waals surface area contributed by atoms with Gasteiger partial charge in [-0.2, -0.15) is 4.57 Å². The third kappa shape index (κ3) is 2.96. The maximum absolute atomic E-state index is 5.73. The van der Waals surface area contributed by atoms with Gasteiger partial charge in [0.25, 0.3) is 0 Å². The van der Waals surface area contributed by atoms with Crippen molar-refractivity contribution in [2.45, 2.75) is 32.7 Å². The highest BCUT2D eigenvalue weighted by molar-refractivity contribution is 5.95. The minimum Gasteiger partial charge on any atom is -1.00 e. The van der Waals surface area contributed by atoms with Gasteiger partial charge in [-0.1, -0.05) is 13.3 Å². The van der Waals surface area contributed by atoms with E-state index in [1.54, 1.807) is 14.2 Å². The summed E-state index contributed by atoms with van der Waals surface area (Å²) in [6, 6.07) is 8.45. The summed E-state index contributed by atoms with van der Waals surface area (Å²) in [5.41, 5.74) is 5.19. The fourth-order valence-corrected chi connectivity index (χ4v) is 4.51. The minimum absolute atomic E-state index is 0. The zero-order valence-electron chi connectivity index (χ0n) is 16.9. The molecule has 0 bridgehead atoms. The lowest BCUT2D eigenvalue weighted by Crippen LogP contribution is -3.00. The van der Waals surface area contributed by atoms with E-state index >= 15 is 0 Å². The van der Waals surface area contributed by atoms with Gasteiger partial charge in [-0.15, -0.1) is 0 Å². The summed E-state index contributed by atoms with van der Waals surface area (Å²) in [7, 11) is 3.39. The summed E-state index contributed by atoms with van der Waals surface area (Å²) < 4.78 is 24.9. The van der Waals surface area contributed by atoms with E-state index in [1.807, 2.05) is 6.07 Å². The van der Waals surface area contributed by atoms with Crippen molar-refractivity contribution < 1.29 is 35.9 Å². The Hall–Kier alpha value is -2.66. The highest BCUT2D eigenvalue weighted by atomic mass is 35.5. The second-order valence-corrected chi connectivity index (χ2v) is 7.27. The number of ether oxygens (including phenoxy) is 4. The number of rotatable bonds is 4. The molecule has 0 atom stereocenters. The molecule has 152 valence electrons. The topological polar surface area (TPSA) is 40.8 Å². The Morgan fingerprint density at radius 1 is 1.03 bits per heavy atom. The van der Waals surface area contributed by atoms with Crippen molar-refractivity contribution in [1.29, 1.82) is 0 Å². The van der Waals surface area contributed by atoms with Crippen molar-refractivity contribution >= 4 is 10.8 Å². The molecular formula is C23H24ClNO4. The van der Waals surface area contributed by atoms with Gasteiger partial charge >= 0.3 is 0 Å². The van der Waals surface area contributed by atoms with E-state index in [9.17, 15) is 0 Å². The lowest BCUT2D eigenvalue weighted by atomic mass is 9.89. The van der Waals surface area contributed by atoms with Gasteiger partial charge in [0.2, 0.25) is 12.5 Å². The number of hydrogen-bond donors (Lipinski definition) is 0. The molecule has 6 heteroatoms. The first-order chi connectivity index (χ1) is 13.7. The van der Waals surface area contributed by atoms with Crippen LogP contribution in [-0.2, 0) is 19.4 Å². The van der Waals surface area contributed by atoms with Crippen LogP contribution in [0.5, 0.6) is 23.0 Å². The third-order valence-corrected chi connectivity index (χ3v) is 5.74. The molecule has 5 rings (SSSR count). The first-order valence-corrected chi connectivity index (χ1v) is 9.78. The molecule has 2 aromatic carbocycles. The average molecular weight is 414 g/mol. The minimum atomic E-state index is 0. The van der Waals surface area contributed by atoms with E-state index in [2.05, 4.69) is 35.9 Å². The zero-order chi connectivity index (χ0) is 19.3. The third-order valence-electron chi connectivity index (χ3n) is 5.74. The molecule has 0 saturated heterocycles. The summed E-state index contributed by atoms with van der Waals surface area (Å²) in [6.45, 7) is 3.45. The molecule has 0 saturated carbocycles. The van der Waals surface area contributed by atoms with Gasteiger partial charge in [0.1, 0.15) is 0 Å². The van der Waals surface area contributed by atoms with Crippen molar-refractivity contribution in [2.24, 2.45) is 0 Å². The number of halogens is 1. The highest BCUT2D eigenvalue weighted by Gasteiger charge is 2.31. The predicted molar refractivity (Wildman–Crippen MR) is 107 cm³/mol. The zero-order valence-corrected chi connectivity index (χ0v) is 17.6. The molecule has 3 aromatic rings. The molecule has 0 aliphatic carbocycles. The van der Waals surface area contributed by atoms with E-state index in [0.29, 0.717) is 6.79 Å². The largest absolute Gasteiger partial charge is 1.00 e. The van der Waals surface area contributed by atoms with Crippen LogP contribution in [0.2, 0.25) is 0 Å². The molecule has 2 aliphatic heterocycles. The molecule has 3 heterocycles. The quantitative estimate of drug-likeness (QED) is 0.600. The number of benzene rings is 2. The Kier molecular flexibility index (Phi) is 5.17. The van der Waals surface area contributed by atoms with Gasteiger partial charge in [0.15, 0.2) is 35.7 Å². The van der Waals surface area contributed by atoms with Gasteiger partial charge in [-0.25, -0.2) is 0 Å². The summed E-state index contributed by atoms with van der Waals surface area (Å²) in [4.78, 5) is 0. The van der Waals surface area contributed by atoms with Crippen LogP contribution in [0.15, 0.2) is 30.5 Å². The van der Waals surface area contributed by atoms with E-state index in [0.717, 1.165) is 54.2 Å². The Morgan fingerprint density at radius 3 is 2.55 bits per heavy atom. The number of methoxy groups -OCH3 is 2. The number of aryl methyl sites for hydroxylation is 3. The van der Waals surface area contributed by atoms with Crippen molar-refractivity contribution in [3.05, 3.63) is 41.6 Å². The summed E-state index contributed by atoms with van der Waals surface area (Å²) in [5, 5.41) is 2.31. The van der Waals surface area contributed by atoms with Gasteiger partial charge < -0.3 is 31.4 Å². The Balaban J connectivity index is 0.00000205. The standard InChI is InChI=1S/C23H24NO4.ClH/c1-4-5-16-15-6-7-19(25-2)23(26-3)18(15)12-24-9-8-14-10-20-21(28-13-27-20)11-17(14)22(16)24;/h6-7,10-12H,4-5,8-9,13H2,1-3H3;1H/q+1;/p-1. The molecule has 2 aliphatic rings. The molecule has 0 spiro atoms. The number of aromatic nitrogens is 1. The summed E-state index contributed by atoms with van der Waals surface area (Å²) in [6.07, 6.45) is 5.24. The van der Waals surface area contributed by atoms with E-state index in [-0.39, 0.29) is 12.4 Å². The van der Waals surface area contributed by atoms with Gasteiger partial charge in [0.05, 0.1) is 25.2 Å². The molecule has 0 fully saturated rings. The SMILES string of the molecule is CCCc1c2[n+](cc3c(OC)c(OC)ccc13)CCc1cc3c(cc1-2)OCO3.[Cl-]. The van der Waals surface area contributed by atoms with Crippen LogP contribution in [0.3, 0.4) is 0 Å². The molecule has 29 heavy (non-hydrogen) atoms. The van der Waals surface area contributed by atoms with E-state index < -0.39 is 0 Å². The van der Waals surface area contributed by atoms with Crippen molar-refractivity contribution in [2.75, 3.05) is 21.0 Å². The molecule has 1 aromatic heterocycles. The first-order valence-electron chi connectivity index (χ1n) is 9.78. The number of fused-ring (bicyclic) bond motifs is 5. The predicted octanol–water partition coefficient (Wildman–Crippen LogP) is 1.05. The summed E-state index contributed by atoms with van der Waals surface area (Å²) >= 11 is 0. The lowest BCUT2D eigenvalue weighted by molar-refractivity contribution is -0.686. The molecule has 0 unspecified atom stereocenters. The van der Waals surface area contributed by atoms with Crippen molar-refractivity contribution in [3.8, 4) is 34.3 Å². The number of pyridine rings is 1. The maximum Gasteiger partial charge on any atom is 0.231 e. The lowest BCUT2D eigenvalue weighted by Gasteiger charge is -2.20. The second-order valence-electron chi connectivity index (χ2n) is 7.27. The molecule has 5 nitrogen and oxygen atoms in total. The molecule has 0 N–H and O–H groups in total. The van der Waals surface area contributed by atoms with Crippen LogP contribution in [0.4, 0.5) is 0 Å². The van der Waals surface area contributed by atoms with Crippen LogP contribution >= 0.6 is 0 Å². The van der Waals surface area contributed by atoms with Gasteiger partial charge in [-0.05, 0) is 36.2 Å². The Labute approximate surface area is 176 Å². The Morgan fingerprint density at radius 2 is 1.83 bits per heavy atom. The second kappa shape index (κ2) is 7.64. The average Bonchev–Trinajstić information content (AvgIpc) is 3.18. The van der Waals surface area contributed by atoms with Crippen molar-refractivity contribution in [1.82, 2.24) is 0 Å². The highest BCUT2D eigenvalue weighted by Crippen LogP contribution is 2.43. The van der Waals surface area contributed by atoms with E-state index in [4.69, 9.17) is 18.9 Å². The first kappa shape index (κ1) is 19.6. The number of nitrogens with zero attached hydrogens (tertiary/aromatic N) is 1. The summed E-state index contributed by atoms with van der Waals surface area (Å²) in [5.74, 6) is 3.25. The van der Waals surface area contributed by atoms with Crippen LogP contribution < -0.4 is 35.9 Å². The van der Waals surface area contributed by atoms with Crippen molar-refractivity contribution in [3.63, 3.8) is 0 Å².